The fourth-order valence-corrected chi connectivity index (χ4v) is 4.24. The fourth-order valence-electron chi connectivity index (χ4n) is 2.68. The molecule has 0 unspecified atom stereocenters. The molecule has 0 aromatic heterocycles. The largest absolute Gasteiger partial charge is 0.335 e. The molecule has 1 N–H and O–H groups in total. The van der Waals surface area contributed by atoms with Gasteiger partial charge in [0, 0.05) is 15.9 Å². The van der Waals surface area contributed by atoms with E-state index in [0.29, 0.717) is 0 Å². The zero-order valence-corrected chi connectivity index (χ0v) is 12.9. The van der Waals surface area contributed by atoms with E-state index in [2.05, 4.69) is 46.4 Å². The van der Waals surface area contributed by atoms with Crippen LogP contribution in [0.15, 0.2) is 27.7 Å². The third-order valence-corrected chi connectivity index (χ3v) is 5.43. The van der Waals surface area contributed by atoms with Gasteiger partial charge in [0.25, 0.3) is 0 Å². The van der Waals surface area contributed by atoms with Gasteiger partial charge in [-0.3, -0.25) is 4.99 Å². The van der Waals surface area contributed by atoms with Crippen molar-refractivity contribution in [1.82, 2.24) is 0 Å². The topological polar surface area (TPSA) is 24.4 Å². The van der Waals surface area contributed by atoms with Gasteiger partial charge in [-0.1, -0.05) is 46.6 Å². The quantitative estimate of drug-likeness (QED) is 0.817. The Balaban J connectivity index is 1.79. The molecular formula is C14H17BrN2S. The summed E-state index contributed by atoms with van der Waals surface area (Å²) in [5.74, 6) is 1.16. The van der Waals surface area contributed by atoms with Gasteiger partial charge in [0.1, 0.15) is 0 Å². The Bertz CT molecular complexity index is 493. The minimum Gasteiger partial charge on any atom is -0.335 e. The fraction of sp³-hybridized carbons (Fsp3) is 0.500. The molecule has 4 heteroatoms. The van der Waals surface area contributed by atoms with Crippen molar-refractivity contribution in [2.45, 2.75) is 38.1 Å². The molecule has 0 saturated heterocycles. The molecule has 96 valence electrons. The molecule has 1 saturated carbocycles. The minimum absolute atomic E-state index is 0.257. The highest BCUT2D eigenvalue weighted by atomic mass is 79.9. The third kappa shape index (κ3) is 2.45. The summed E-state index contributed by atoms with van der Waals surface area (Å²) in [4.78, 5) is 4.94. The molecule has 2 nitrogen and oxygen atoms in total. The van der Waals surface area contributed by atoms with Crippen molar-refractivity contribution in [2.75, 3.05) is 11.1 Å². The van der Waals surface area contributed by atoms with E-state index in [0.717, 1.165) is 21.1 Å². The third-order valence-electron chi connectivity index (χ3n) is 3.79. The van der Waals surface area contributed by atoms with E-state index in [4.69, 9.17) is 4.99 Å². The highest BCUT2D eigenvalue weighted by Gasteiger charge is 2.38. The number of anilines is 1. The SMILES string of the molecule is Cc1ccc(Br)cc1NC1=NC2(CCCC2)CS1. The predicted molar refractivity (Wildman–Crippen MR) is 83.6 cm³/mol. The molecular weight excluding hydrogens is 308 g/mol. The summed E-state index contributed by atoms with van der Waals surface area (Å²) in [5, 5.41) is 4.58. The second-order valence-electron chi connectivity index (χ2n) is 5.22. The van der Waals surface area contributed by atoms with Crippen LogP contribution in [0.25, 0.3) is 0 Å². The van der Waals surface area contributed by atoms with E-state index in [1.165, 1.54) is 31.2 Å². The van der Waals surface area contributed by atoms with Gasteiger partial charge in [0.05, 0.1) is 5.54 Å². The van der Waals surface area contributed by atoms with Crippen LogP contribution in [-0.2, 0) is 0 Å². The number of hydrogen-bond donors (Lipinski definition) is 1. The molecule has 0 amide bonds. The van der Waals surface area contributed by atoms with Crippen LogP contribution < -0.4 is 5.32 Å². The molecule has 3 rings (SSSR count). The van der Waals surface area contributed by atoms with Crippen molar-refractivity contribution in [2.24, 2.45) is 4.99 Å². The summed E-state index contributed by atoms with van der Waals surface area (Å²) < 4.78 is 1.11. The average Bonchev–Trinajstić information content (AvgIpc) is 2.95. The van der Waals surface area contributed by atoms with Crippen molar-refractivity contribution in [3.05, 3.63) is 28.2 Å². The number of benzene rings is 1. The number of thioether (sulfide) groups is 1. The van der Waals surface area contributed by atoms with Crippen LogP contribution in [0.5, 0.6) is 0 Å². The van der Waals surface area contributed by atoms with E-state index >= 15 is 0 Å². The van der Waals surface area contributed by atoms with E-state index in [1.54, 1.807) is 0 Å². The van der Waals surface area contributed by atoms with Crippen LogP contribution in [0.2, 0.25) is 0 Å². The van der Waals surface area contributed by atoms with Crippen molar-refractivity contribution >= 4 is 38.5 Å². The van der Waals surface area contributed by atoms with Crippen molar-refractivity contribution < 1.29 is 0 Å². The first kappa shape index (κ1) is 12.5. The van der Waals surface area contributed by atoms with E-state index in [-0.39, 0.29) is 5.54 Å². The van der Waals surface area contributed by atoms with Crippen LogP contribution in [0.3, 0.4) is 0 Å². The van der Waals surface area contributed by atoms with Crippen LogP contribution in [0.1, 0.15) is 31.2 Å². The van der Waals surface area contributed by atoms with Crippen molar-refractivity contribution in [3.8, 4) is 0 Å². The lowest BCUT2D eigenvalue weighted by molar-refractivity contribution is 0.508. The van der Waals surface area contributed by atoms with Crippen molar-refractivity contribution in [3.63, 3.8) is 0 Å². The first-order valence-corrected chi connectivity index (χ1v) is 8.21. The highest BCUT2D eigenvalue weighted by Crippen LogP contribution is 2.41. The number of halogens is 1. The molecule has 0 radical (unpaired) electrons. The summed E-state index contributed by atoms with van der Waals surface area (Å²) in [6.45, 7) is 2.13. The molecule has 1 spiro atoms. The van der Waals surface area contributed by atoms with Crippen LogP contribution in [-0.4, -0.2) is 16.5 Å². The lowest BCUT2D eigenvalue weighted by Crippen LogP contribution is -2.21. The molecule has 2 aliphatic rings. The average molecular weight is 325 g/mol. The Morgan fingerprint density at radius 1 is 1.33 bits per heavy atom. The van der Waals surface area contributed by atoms with E-state index in [9.17, 15) is 0 Å². The monoisotopic (exact) mass is 324 g/mol. The van der Waals surface area contributed by atoms with E-state index in [1.807, 2.05) is 11.8 Å². The zero-order chi connectivity index (χ0) is 12.6. The van der Waals surface area contributed by atoms with Gasteiger partial charge >= 0.3 is 0 Å². The zero-order valence-electron chi connectivity index (χ0n) is 10.5. The van der Waals surface area contributed by atoms with Gasteiger partial charge in [0.2, 0.25) is 0 Å². The summed E-state index contributed by atoms with van der Waals surface area (Å²) in [5.41, 5.74) is 2.67. The van der Waals surface area contributed by atoms with Gasteiger partial charge in [-0.2, -0.15) is 0 Å². The molecule has 1 aromatic carbocycles. The van der Waals surface area contributed by atoms with Gasteiger partial charge in [-0.15, -0.1) is 0 Å². The maximum Gasteiger partial charge on any atom is 0.161 e. The Labute approximate surface area is 121 Å². The first-order valence-electron chi connectivity index (χ1n) is 6.43. The Morgan fingerprint density at radius 3 is 2.89 bits per heavy atom. The highest BCUT2D eigenvalue weighted by molar-refractivity contribution is 9.10. The van der Waals surface area contributed by atoms with Crippen molar-refractivity contribution in [1.29, 1.82) is 0 Å². The minimum atomic E-state index is 0.257. The number of nitrogens with zero attached hydrogens (tertiary/aromatic N) is 1. The molecule has 0 atom stereocenters. The Hall–Kier alpha value is -0.480. The second kappa shape index (κ2) is 4.89. The van der Waals surface area contributed by atoms with Gasteiger partial charge in [-0.05, 0) is 37.5 Å². The molecule has 1 aromatic rings. The Kier molecular flexibility index (Phi) is 3.41. The number of nitrogens with one attached hydrogen (secondary N) is 1. The molecule has 1 heterocycles. The summed E-state index contributed by atoms with van der Waals surface area (Å²) in [6.07, 6.45) is 5.21. The summed E-state index contributed by atoms with van der Waals surface area (Å²) >= 11 is 5.39. The first-order chi connectivity index (χ1) is 8.67. The number of hydrogen-bond acceptors (Lipinski definition) is 3. The molecule has 1 aliphatic carbocycles. The molecule has 18 heavy (non-hydrogen) atoms. The summed E-state index contributed by atoms with van der Waals surface area (Å²) in [7, 11) is 0. The van der Waals surface area contributed by atoms with Gasteiger partial charge < -0.3 is 5.32 Å². The maximum absolute atomic E-state index is 4.94. The number of aliphatic imine (C=N–C) groups is 1. The molecule has 1 fully saturated rings. The molecule has 0 bridgehead atoms. The summed E-state index contributed by atoms with van der Waals surface area (Å²) in [6, 6.07) is 6.32. The lowest BCUT2D eigenvalue weighted by Gasteiger charge is -2.16. The maximum atomic E-state index is 4.94. The smallest absolute Gasteiger partial charge is 0.161 e. The second-order valence-corrected chi connectivity index (χ2v) is 7.10. The normalized spacial score (nSPS) is 21.3. The number of rotatable bonds is 1. The predicted octanol–water partition coefficient (Wildman–Crippen LogP) is 4.59. The number of amidine groups is 1. The Morgan fingerprint density at radius 2 is 2.11 bits per heavy atom. The van der Waals surface area contributed by atoms with Crippen LogP contribution >= 0.6 is 27.7 Å². The molecule has 1 aliphatic heterocycles. The van der Waals surface area contributed by atoms with Crippen LogP contribution in [0, 0.1) is 6.92 Å². The lowest BCUT2D eigenvalue weighted by atomic mass is 10.0. The van der Waals surface area contributed by atoms with E-state index < -0.39 is 0 Å². The van der Waals surface area contributed by atoms with Gasteiger partial charge in [-0.25, -0.2) is 0 Å². The van der Waals surface area contributed by atoms with Gasteiger partial charge in [0.15, 0.2) is 5.17 Å². The standard InChI is InChI=1S/C14H17BrN2S/c1-10-4-5-11(15)8-12(10)16-13-17-14(9-18-13)6-2-3-7-14/h4-5,8H,2-3,6-7,9H2,1H3,(H,16,17). The van der Waals surface area contributed by atoms with Crippen LogP contribution in [0.4, 0.5) is 5.69 Å². The number of aryl methyl sites for hydroxylation is 1.